The molecule has 2 heteroatoms. The third-order valence-electron chi connectivity index (χ3n) is 3.09. The van der Waals surface area contributed by atoms with Gasteiger partial charge in [-0.25, -0.2) is 0 Å². The maximum absolute atomic E-state index is 3.52. The predicted octanol–water partition coefficient (Wildman–Crippen LogP) is 2.74. The largest absolute Gasteiger partial charge is 0.315 e. The van der Waals surface area contributed by atoms with Gasteiger partial charge in [0.05, 0.1) is 0 Å². The van der Waals surface area contributed by atoms with Gasteiger partial charge >= 0.3 is 0 Å². The quantitative estimate of drug-likeness (QED) is 0.594. The summed E-state index contributed by atoms with van der Waals surface area (Å²) in [6.45, 7) is 16.0. The van der Waals surface area contributed by atoms with Crippen LogP contribution in [0.4, 0.5) is 0 Å². The monoisotopic (exact) mass is 214 g/mol. The van der Waals surface area contributed by atoms with Crippen molar-refractivity contribution in [2.24, 2.45) is 5.92 Å². The van der Waals surface area contributed by atoms with Crippen LogP contribution >= 0.6 is 0 Å². The lowest BCUT2D eigenvalue weighted by atomic mass is 10.1. The Hall–Kier alpha value is -0.0800. The van der Waals surface area contributed by atoms with E-state index >= 15 is 0 Å². The summed E-state index contributed by atoms with van der Waals surface area (Å²) in [6, 6.07) is 0.724. The Labute approximate surface area is 96.4 Å². The molecule has 0 bridgehead atoms. The van der Waals surface area contributed by atoms with E-state index in [1.807, 2.05) is 0 Å². The molecule has 0 radical (unpaired) electrons. The van der Waals surface area contributed by atoms with E-state index < -0.39 is 0 Å². The number of rotatable bonds is 9. The fourth-order valence-corrected chi connectivity index (χ4v) is 1.69. The fraction of sp³-hybridized carbons (Fsp3) is 1.00. The van der Waals surface area contributed by atoms with Gasteiger partial charge in [0.15, 0.2) is 0 Å². The molecule has 0 aliphatic carbocycles. The number of hydrogen-bond donors (Lipinski definition) is 1. The Morgan fingerprint density at radius 1 is 1.07 bits per heavy atom. The van der Waals surface area contributed by atoms with Crippen molar-refractivity contribution in [3.8, 4) is 0 Å². The van der Waals surface area contributed by atoms with E-state index in [1.54, 1.807) is 0 Å². The minimum Gasteiger partial charge on any atom is -0.315 e. The van der Waals surface area contributed by atoms with Gasteiger partial charge in [0.2, 0.25) is 0 Å². The maximum atomic E-state index is 3.52. The van der Waals surface area contributed by atoms with E-state index in [4.69, 9.17) is 0 Å². The number of hydrogen-bond acceptors (Lipinski definition) is 2. The van der Waals surface area contributed by atoms with Crippen LogP contribution in [0.5, 0.6) is 0 Å². The van der Waals surface area contributed by atoms with Crippen molar-refractivity contribution in [1.82, 2.24) is 10.2 Å². The van der Waals surface area contributed by atoms with Crippen molar-refractivity contribution < 1.29 is 0 Å². The zero-order valence-electron chi connectivity index (χ0n) is 11.3. The normalized spacial score (nSPS) is 13.8. The van der Waals surface area contributed by atoms with Crippen LogP contribution in [0.3, 0.4) is 0 Å². The predicted molar refractivity (Wildman–Crippen MR) is 69.3 cm³/mol. The first kappa shape index (κ1) is 14.9. The smallest absolute Gasteiger partial charge is 0.0110 e. The first-order valence-corrected chi connectivity index (χ1v) is 6.56. The van der Waals surface area contributed by atoms with Gasteiger partial charge in [-0.05, 0) is 38.8 Å². The van der Waals surface area contributed by atoms with Crippen LogP contribution in [0.2, 0.25) is 0 Å². The second-order valence-electron chi connectivity index (χ2n) is 4.82. The molecule has 0 fully saturated rings. The van der Waals surface area contributed by atoms with E-state index in [9.17, 15) is 0 Å². The summed E-state index contributed by atoms with van der Waals surface area (Å²) in [7, 11) is 0. The van der Waals surface area contributed by atoms with Crippen LogP contribution in [0.25, 0.3) is 0 Å². The van der Waals surface area contributed by atoms with Crippen molar-refractivity contribution in [2.45, 2.75) is 53.5 Å². The van der Waals surface area contributed by atoms with E-state index in [1.165, 1.54) is 25.9 Å². The molecule has 15 heavy (non-hydrogen) atoms. The zero-order chi connectivity index (χ0) is 11.7. The van der Waals surface area contributed by atoms with Gasteiger partial charge in [0.25, 0.3) is 0 Å². The molecule has 1 unspecified atom stereocenters. The van der Waals surface area contributed by atoms with Crippen LogP contribution < -0.4 is 5.32 Å². The standard InChI is InChI=1S/C13H30N2/c1-6-13(5)15(7-2)11-10-14-9-8-12(3)4/h12-14H,6-11H2,1-5H3. The Morgan fingerprint density at radius 3 is 2.20 bits per heavy atom. The van der Waals surface area contributed by atoms with Crippen molar-refractivity contribution in [2.75, 3.05) is 26.2 Å². The molecule has 0 aromatic rings. The Balaban J connectivity index is 3.46. The summed E-state index contributed by atoms with van der Waals surface area (Å²) in [6.07, 6.45) is 2.54. The number of nitrogens with one attached hydrogen (secondary N) is 1. The molecule has 0 aliphatic rings. The molecule has 0 amide bonds. The highest BCUT2D eigenvalue weighted by molar-refractivity contribution is 4.65. The highest BCUT2D eigenvalue weighted by Gasteiger charge is 2.08. The molecule has 0 aliphatic heterocycles. The molecule has 0 saturated carbocycles. The highest BCUT2D eigenvalue weighted by atomic mass is 15.2. The second kappa shape index (κ2) is 9.17. The SMILES string of the molecule is CCC(C)N(CC)CCNCCC(C)C. The van der Waals surface area contributed by atoms with Gasteiger partial charge < -0.3 is 5.32 Å². The number of likely N-dealkylation sites (N-methyl/N-ethyl adjacent to an activating group) is 1. The van der Waals surface area contributed by atoms with Gasteiger partial charge in [0, 0.05) is 19.1 Å². The molecular weight excluding hydrogens is 184 g/mol. The first-order valence-electron chi connectivity index (χ1n) is 6.56. The van der Waals surface area contributed by atoms with Crippen molar-refractivity contribution in [1.29, 1.82) is 0 Å². The Bertz CT molecular complexity index is 134. The number of nitrogens with zero attached hydrogens (tertiary/aromatic N) is 1. The molecule has 0 saturated heterocycles. The van der Waals surface area contributed by atoms with Crippen LogP contribution in [-0.2, 0) is 0 Å². The first-order chi connectivity index (χ1) is 7.11. The lowest BCUT2D eigenvalue weighted by Gasteiger charge is -2.26. The molecule has 1 N–H and O–H groups in total. The van der Waals surface area contributed by atoms with Crippen molar-refractivity contribution in [3.05, 3.63) is 0 Å². The maximum Gasteiger partial charge on any atom is 0.0110 e. The van der Waals surface area contributed by atoms with Crippen molar-refractivity contribution >= 4 is 0 Å². The molecule has 92 valence electrons. The van der Waals surface area contributed by atoms with Crippen LogP contribution in [0.15, 0.2) is 0 Å². The van der Waals surface area contributed by atoms with E-state index in [2.05, 4.69) is 44.8 Å². The summed E-state index contributed by atoms with van der Waals surface area (Å²) in [4.78, 5) is 2.54. The van der Waals surface area contributed by atoms with E-state index in [0.29, 0.717) is 0 Å². The van der Waals surface area contributed by atoms with Gasteiger partial charge in [-0.15, -0.1) is 0 Å². The van der Waals surface area contributed by atoms with Crippen LogP contribution in [-0.4, -0.2) is 37.1 Å². The van der Waals surface area contributed by atoms with Gasteiger partial charge in [-0.3, -0.25) is 4.90 Å². The summed E-state index contributed by atoms with van der Waals surface area (Å²) in [5.41, 5.74) is 0. The summed E-state index contributed by atoms with van der Waals surface area (Å²) in [5.74, 6) is 0.814. The summed E-state index contributed by atoms with van der Waals surface area (Å²) < 4.78 is 0. The molecular formula is C13H30N2. The topological polar surface area (TPSA) is 15.3 Å². The second-order valence-corrected chi connectivity index (χ2v) is 4.82. The van der Waals surface area contributed by atoms with Gasteiger partial charge in [-0.2, -0.15) is 0 Å². The van der Waals surface area contributed by atoms with Crippen LogP contribution in [0, 0.1) is 5.92 Å². The third-order valence-corrected chi connectivity index (χ3v) is 3.09. The van der Waals surface area contributed by atoms with Crippen LogP contribution in [0.1, 0.15) is 47.5 Å². The molecule has 0 spiro atoms. The Morgan fingerprint density at radius 2 is 1.73 bits per heavy atom. The average Bonchev–Trinajstić information content (AvgIpc) is 2.22. The molecule has 0 rings (SSSR count). The van der Waals surface area contributed by atoms with Gasteiger partial charge in [0.1, 0.15) is 0 Å². The lowest BCUT2D eigenvalue weighted by molar-refractivity contribution is 0.215. The van der Waals surface area contributed by atoms with Gasteiger partial charge in [-0.1, -0.05) is 27.7 Å². The molecule has 0 heterocycles. The summed E-state index contributed by atoms with van der Waals surface area (Å²) >= 11 is 0. The minimum absolute atomic E-state index is 0.724. The third kappa shape index (κ3) is 7.80. The molecule has 0 aromatic carbocycles. The fourth-order valence-electron chi connectivity index (χ4n) is 1.69. The molecule has 2 nitrogen and oxygen atoms in total. The minimum atomic E-state index is 0.724. The van der Waals surface area contributed by atoms with Crippen molar-refractivity contribution in [3.63, 3.8) is 0 Å². The summed E-state index contributed by atoms with van der Waals surface area (Å²) in [5, 5.41) is 3.52. The molecule has 0 aromatic heterocycles. The Kier molecular flexibility index (Phi) is 9.12. The average molecular weight is 214 g/mol. The molecule has 1 atom stereocenters. The van der Waals surface area contributed by atoms with E-state index in [-0.39, 0.29) is 0 Å². The van der Waals surface area contributed by atoms with E-state index in [0.717, 1.165) is 25.0 Å². The highest BCUT2D eigenvalue weighted by Crippen LogP contribution is 2.01. The lowest BCUT2D eigenvalue weighted by Crippen LogP contribution is -2.38. The zero-order valence-corrected chi connectivity index (χ0v) is 11.3.